The number of alkyl halides is 5. The van der Waals surface area contributed by atoms with Crippen molar-refractivity contribution >= 4 is 0 Å². The highest BCUT2D eigenvalue weighted by Crippen LogP contribution is 2.22. The van der Waals surface area contributed by atoms with Gasteiger partial charge in [0.25, 0.3) is 0 Å². The van der Waals surface area contributed by atoms with Gasteiger partial charge in [0.05, 0.1) is 6.67 Å². The van der Waals surface area contributed by atoms with Crippen LogP contribution in [0.15, 0.2) is 0 Å². The zero-order chi connectivity index (χ0) is 13.4. The van der Waals surface area contributed by atoms with Gasteiger partial charge in [-0.3, -0.25) is 4.39 Å². The lowest BCUT2D eigenvalue weighted by atomic mass is 10.0. The van der Waals surface area contributed by atoms with Gasteiger partial charge in [0.2, 0.25) is 0 Å². The van der Waals surface area contributed by atoms with Gasteiger partial charge in [0.1, 0.15) is 6.17 Å². The van der Waals surface area contributed by atoms with Crippen molar-refractivity contribution in [2.75, 3.05) is 6.67 Å². The molecule has 2 nitrogen and oxygen atoms in total. The van der Waals surface area contributed by atoms with E-state index >= 15 is 0 Å². The van der Waals surface area contributed by atoms with Crippen molar-refractivity contribution in [2.24, 2.45) is 0 Å². The molecule has 4 atom stereocenters. The minimum Gasteiger partial charge on any atom is -0.366 e. The van der Waals surface area contributed by atoms with Gasteiger partial charge in [-0.05, 0) is 12.8 Å². The molecule has 0 heterocycles. The molecule has 0 fully saturated rings. The molecule has 2 N–H and O–H groups in total. The number of unbranched alkanes of at least 4 members (excludes halogenated alkanes) is 2. The van der Waals surface area contributed by atoms with Crippen LogP contribution in [-0.2, 0) is 0 Å². The van der Waals surface area contributed by atoms with E-state index < -0.39 is 37.7 Å². The summed E-state index contributed by atoms with van der Waals surface area (Å²) in [5, 5.41) is 16.6. The van der Waals surface area contributed by atoms with E-state index in [9.17, 15) is 22.0 Å². The number of rotatable bonds is 9. The predicted octanol–water partition coefficient (Wildman–Crippen LogP) is 2.18. The highest BCUT2D eigenvalue weighted by atomic mass is 19.2. The lowest BCUT2D eigenvalue weighted by Crippen LogP contribution is -2.41. The number of hydrogen-bond acceptors (Lipinski definition) is 2. The molecule has 0 rings (SSSR count). The second kappa shape index (κ2) is 8.63. The molecule has 0 aromatic heterocycles. The van der Waals surface area contributed by atoms with E-state index in [2.05, 4.69) is 0 Å². The molecule has 0 radical (unpaired) electrons. The summed E-state index contributed by atoms with van der Waals surface area (Å²) in [6, 6.07) is 0. The highest BCUT2D eigenvalue weighted by molar-refractivity contribution is 4.83. The number of halogens is 5. The summed E-state index contributed by atoms with van der Waals surface area (Å²) >= 11 is 0. The Bertz CT molecular complexity index is 194. The maximum atomic E-state index is 13.1. The van der Waals surface area contributed by atoms with Crippen LogP contribution in [-0.4, -0.2) is 47.9 Å². The molecule has 7 heteroatoms. The van der Waals surface area contributed by atoms with Crippen molar-refractivity contribution in [3.05, 3.63) is 0 Å². The third kappa shape index (κ3) is 6.16. The van der Waals surface area contributed by atoms with Crippen molar-refractivity contribution < 1.29 is 32.2 Å². The van der Waals surface area contributed by atoms with Gasteiger partial charge in [-0.15, -0.1) is 0 Å². The van der Waals surface area contributed by atoms with Crippen molar-refractivity contribution in [3.8, 4) is 0 Å². The fourth-order valence-corrected chi connectivity index (χ4v) is 1.31. The third-order valence-corrected chi connectivity index (χ3v) is 2.35. The second-order valence-electron chi connectivity index (χ2n) is 3.80. The van der Waals surface area contributed by atoms with Crippen LogP contribution in [0.5, 0.6) is 0 Å². The molecular weight excluding hydrogens is 247 g/mol. The van der Waals surface area contributed by atoms with E-state index in [-0.39, 0.29) is 19.3 Å². The van der Waals surface area contributed by atoms with Crippen LogP contribution in [0.1, 0.15) is 25.7 Å². The van der Waals surface area contributed by atoms with Gasteiger partial charge in [-0.25, -0.2) is 17.6 Å². The molecule has 0 saturated carbocycles. The quantitative estimate of drug-likeness (QED) is 0.381. The van der Waals surface area contributed by atoms with Crippen LogP contribution >= 0.6 is 0 Å². The standard InChI is InChI=1S/C10H17F5O2/c11-5-3-1-2-4-6(12)7(13)8(14)9(15)10(16)17/h6-10,16-17H,1-5H2. The predicted molar refractivity (Wildman–Crippen MR) is 52.3 cm³/mol. The van der Waals surface area contributed by atoms with Gasteiger partial charge in [-0.1, -0.05) is 12.8 Å². The summed E-state index contributed by atoms with van der Waals surface area (Å²) in [7, 11) is 0. The second-order valence-corrected chi connectivity index (χ2v) is 3.80. The summed E-state index contributed by atoms with van der Waals surface area (Å²) in [5.74, 6) is 0. The molecule has 4 unspecified atom stereocenters. The molecule has 0 spiro atoms. The average molecular weight is 264 g/mol. The van der Waals surface area contributed by atoms with Crippen LogP contribution < -0.4 is 0 Å². The van der Waals surface area contributed by atoms with Crippen LogP contribution in [0.25, 0.3) is 0 Å². The largest absolute Gasteiger partial charge is 0.366 e. The first-order valence-corrected chi connectivity index (χ1v) is 5.40. The molecule has 0 aromatic rings. The van der Waals surface area contributed by atoms with E-state index in [1.165, 1.54) is 0 Å². The topological polar surface area (TPSA) is 40.5 Å². The fraction of sp³-hybridized carbons (Fsp3) is 1.00. The smallest absolute Gasteiger partial charge is 0.186 e. The van der Waals surface area contributed by atoms with Crippen LogP contribution in [0.3, 0.4) is 0 Å². The maximum Gasteiger partial charge on any atom is 0.186 e. The number of hydrogen-bond donors (Lipinski definition) is 2. The van der Waals surface area contributed by atoms with Gasteiger partial charge >= 0.3 is 0 Å². The van der Waals surface area contributed by atoms with Crippen molar-refractivity contribution in [2.45, 2.75) is 56.7 Å². The fourth-order valence-electron chi connectivity index (χ4n) is 1.31. The van der Waals surface area contributed by atoms with Crippen molar-refractivity contribution in [3.63, 3.8) is 0 Å². The van der Waals surface area contributed by atoms with E-state index in [0.717, 1.165) is 0 Å². The van der Waals surface area contributed by atoms with E-state index in [1.54, 1.807) is 0 Å². The van der Waals surface area contributed by atoms with Crippen molar-refractivity contribution in [1.82, 2.24) is 0 Å². The zero-order valence-corrected chi connectivity index (χ0v) is 9.21. The summed E-state index contributed by atoms with van der Waals surface area (Å²) in [6.07, 6.45) is -13.1. The van der Waals surface area contributed by atoms with Crippen LogP contribution in [0, 0.1) is 0 Å². The summed E-state index contributed by atoms with van der Waals surface area (Å²) < 4.78 is 63.3. The molecular formula is C10H17F5O2. The highest BCUT2D eigenvalue weighted by Gasteiger charge is 2.38. The Morgan fingerprint density at radius 1 is 0.765 bits per heavy atom. The van der Waals surface area contributed by atoms with Crippen LogP contribution in [0.2, 0.25) is 0 Å². The van der Waals surface area contributed by atoms with E-state index in [4.69, 9.17) is 10.2 Å². The molecule has 0 amide bonds. The van der Waals surface area contributed by atoms with Crippen LogP contribution in [0.4, 0.5) is 22.0 Å². The van der Waals surface area contributed by atoms with E-state index in [1.807, 2.05) is 0 Å². The SMILES string of the molecule is OC(O)C(F)C(F)C(F)C(F)CCCCCF. The monoisotopic (exact) mass is 264 g/mol. The van der Waals surface area contributed by atoms with E-state index in [0.29, 0.717) is 6.42 Å². The molecule has 17 heavy (non-hydrogen) atoms. The maximum absolute atomic E-state index is 13.1. The molecule has 0 aromatic carbocycles. The average Bonchev–Trinajstić information content (AvgIpc) is 2.31. The minimum atomic E-state index is -2.92. The number of aliphatic hydroxyl groups is 2. The molecule has 104 valence electrons. The Morgan fingerprint density at radius 3 is 1.82 bits per heavy atom. The Balaban J connectivity index is 3.98. The molecule has 0 bridgehead atoms. The Morgan fingerprint density at radius 2 is 1.35 bits per heavy atom. The van der Waals surface area contributed by atoms with Gasteiger partial charge < -0.3 is 10.2 Å². The Kier molecular flexibility index (Phi) is 8.41. The summed E-state index contributed by atoms with van der Waals surface area (Å²) in [5.41, 5.74) is 0. The molecule has 0 aliphatic rings. The Labute approximate surface area is 96.4 Å². The first-order chi connectivity index (χ1) is 7.91. The number of aliphatic hydroxyl groups excluding tert-OH is 1. The normalized spacial score (nSPS) is 19.1. The van der Waals surface area contributed by atoms with Gasteiger partial charge in [-0.2, -0.15) is 0 Å². The third-order valence-electron chi connectivity index (χ3n) is 2.35. The minimum absolute atomic E-state index is 0.164. The van der Waals surface area contributed by atoms with Gasteiger partial charge in [0.15, 0.2) is 24.8 Å². The first-order valence-electron chi connectivity index (χ1n) is 5.40. The summed E-state index contributed by atoms with van der Waals surface area (Å²) in [4.78, 5) is 0. The zero-order valence-electron chi connectivity index (χ0n) is 9.21. The molecule has 0 aliphatic heterocycles. The Hall–Kier alpha value is -0.430. The molecule has 0 aliphatic carbocycles. The van der Waals surface area contributed by atoms with Gasteiger partial charge in [0, 0.05) is 0 Å². The first kappa shape index (κ1) is 16.6. The summed E-state index contributed by atoms with van der Waals surface area (Å²) in [6.45, 7) is -0.564. The van der Waals surface area contributed by atoms with Crippen molar-refractivity contribution in [1.29, 1.82) is 0 Å². The lowest BCUT2D eigenvalue weighted by Gasteiger charge is -2.21. The molecule has 0 saturated heterocycles. The lowest BCUT2D eigenvalue weighted by molar-refractivity contribution is -0.128.